The van der Waals surface area contributed by atoms with Crippen molar-refractivity contribution in [2.24, 2.45) is 11.8 Å². The van der Waals surface area contributed by atoms with E-state index >= 15 is 0 Å². The Balaban J connectivity index is 2.75. The Labute approximate surface area is 74.0 Å². The SMILES string of the molecule is CC1C=CC=C(/C=C\C=N)C1C. The molecule has 0 saturated carbocycles. The van der Waals surface area contributed by atoms with Crippen LogP contribution in [0.1, 0.15) is 13.8 Å². The molecule has 1 heteroatoms. The molecule has 0 aliphatic heterocycles. The summed E-state index contributed by atoms with van der Waals surface area (Å²) in [5.74, 6) is 1.19. The van der Waals surface area contributed by atoms with Crippen molar-refractivity contribution < 1.29 is 0 Å². The predicted molar refractivity (Wildman–Crippen MR) is 53.5 cm³/mol. The summed E-state index contributed by atoms with van der Waals surface area (Å²) in [6, 6.07) is 0. The molecule has 1 rings (SSSR count). The fourth-order valence-electron chi connectivity index (χ4n) is 1.33. The summed E-state index contributed by atoms with van der Waals surface area (Å²) in [6.07, 6.45) is 11.5. The van der Waals surface area contributed by atoms with Gasteiger partial charge >= 0.3 is 0 Å². The summed E-state index contributed by atoms with van der Waals surface area (Å²) >= 11 is 0. The first kappa shape index (κ1) is 8.98. The van der Waals surface area contributed by atoms with Gasteiger partial charge < -0.3 is 5.41 Å². The van der Waals surface area contributed by atoms with E-state index in [1.807, 2.05) is 6.08 Å². The molecule has 64 valence electrons. The van der Waals surface area contributed by atoms with Gasteiger partial charge in [0.25, 0.3) is 0 Å². The Kier molecular flexibility index (Phi) is 3.03. The molecule has 0 heterocycles. The minimum Gasteiger partial charge on any atom is -0.309 e. The molecule has 0 bridgehead atoms. The van der Waals surface area contributed by atoms with Gasteiger partial charge in [-0.25, -0.2) is 0 Å². The Morgan fingerprint density at radius 1 is 1.42 bits per heavy atom. The van der Waals surface area contributed by atoms with Crippen LogP contribution in [0.5, 0.6) is 0 Å². The predicted octanol–water partition coefficient (Wildman–Crippen LogP) is 2.96. The molecular formula is C11H15N. The number of hydrogen-bond donors (Lipinski definition) is 1. The van der Waals surface area contributed by atoms with Crippen molar-refractivity contribution in [3.8, 4) is 0 Å². The average Bonchev–Trinajstić information content (AvgIpc) is 2.08. The first-order valence-corrected chi connectivity index (χ1v) is 4.31. The van der Waals surface area contributed by atoms with E-state index in [0.717, 1.165) is 0 Å². The maximum Gasteiger partial charge on any atom is 0.0177 e. The van der Waals surface area contributed by atoms with E-state index in [1.165, 1.54) is 11.8 Å². The molecule has 2 unspecified atom stereocenters. The molecule has 0 aromatic heterocycles. The second-order valence-electron chi connectivity index (χ2n) is 3.23. The highest BCUT2D eigenvalue weighted by atomic mass is 14.3. The average molecular weight is 161 g/mol. The molecule has 0 aromatic carbocycles. The van der Waals surface area contributed by atoms with Crippen LogP contribution in [-0.4, -0.2) is 6.21 Å². The zero-order valence-corrected chi connectivity index (χ0v) is 7.62. The van der Waals surface area contributed by atoms with Crippen LogP contribution in [-0.2, 0) is 0 Å². The van der Waals surface area contributed by atoms with Gasteiger partial charge in [0.05, 0.1) is 0 Å². The first-order valence-electron chi connectivity index (χ1n) is 4.31. The summed E-state index contributed by atoms with van der Waals surface area (Å²) < 4.78 is 0. The largest absolute Gasteiger partial charge is 0.309 e. The van der Waals surface area contributed by atoms with E-state index in [1.54, 1.807) is 6.08 Å². The summed E-state index contributed by atoms with van der Waals surface area (Å²) in [5, 5.41) is 6.88. The molecule has 1 aliphatic rings. The van der Waals surface area contributed by atoms with Crippen LogP contribution in [0.2, 0.25) is 0 Å². The Morgan fingerprint density at radius 2 is 2.17 bits per heavy atom. The zero-order chi connectivity index (χ0) is 8.97. The van der Waals surface area contributed by atoms with E-state index in [-0.39, 0.29) is 0 Å². The molecule has 12 heavy (non-hydrogen) atoms. The lowest BCUT2D eigenvalue weighted by Crippen LogP contribution is -2.09. The Morgan fingerprint density at radius 3 is 2.83 bits per heavy atom. The monoisotopic (exact) mass is 161 g/mol. The highest BCUT2D eigenvalue weighted by Crippen LogP contribution is 2.25. The van der Waals surface area contributed by atoms with Crippen molar-refractivity contribution in [2.75, 3.05) is 0 Å². The van der Waals surface area contributed by atoms with E-state index in [0.29, 0.717) is 11.8 Å². The number of hydrogen-bond acceptors (Lipinski definition) is 1. The highest BCUT2D eigenvalue weighted by Gasteiger charge is 2.14. The lowest BCUT2D eigenvalue weighted by atomic mass is 9.85. The molecule has 1 N–H and O–H groups in total. The van der Waals surface area contributed by atoms with Crippen LogP contribution in [0.15, 0.2) is 36.0 Å². The van der Waals surface area contributed by atoms with Crippen LogP contribution in [0.3, 0.4) is 0 Å². The molecule has 0 saturated heterocycles. The first-order chi connectivity index (χ1) is 5.75. The molecule has 0 spiro atoms. The minimum absolute atomic E-state index is 0.575. The molecule has 0 fully saturated rings. The molecular weight excluding hydrogens is 146 g/mol. The fourth-order valence-corrected chi connectivity index (χ4v) is 1.33. The van der Waals surface area contributed by atoms with Gasteiger partial charge in [-0.3, -0.25) is 0 Å². The van der Waals surface area contributed by atoms with Crippen LogP contribution in [0, 0.1) is 17.2 Å². The van der Waals surface area contributed by atoms with Crippen molar-refractivity contribution in [3.05, 3.63) is 36.0 Å². The molecule has 0 amide bonds. The highest BCUT2D eigenvalue weighted by molar-refractivity contribution is 5.68. The molecule has 2 atom stereocenters. The molecule has 0 radical (unpaired) electrons. The van der Waals surface area contributed by atoms with Crippen LogP contribution in [0.4, 0.5) is 0 Å². The third-order valence-corrected chi connectivity index (χ3v) is 2.40. The van der Waals surface area contributed by atoms with E-state index < -0.39 is 0 Å². The van der Waals surface area contributed by atoms with Gasteiger partial charge in [-0.15, -0.1) is 0 Å². The van der Waals surface area contributed by atoms with E-state index in [4.69, 9.17) is 5.41 Å². The third kappa shape index (κ3) is 1.94. The van der Waals surface area contributed by atoms with Crippen molar-refractivity contribution in [2.45, 2.75) is 13.8 Å². The van der Waals surface area contributed by atoms with Gasteiger partial charge in [0.15, 0.2) is 0 Å². The second kappa shape index (κ2) is 4.05. The summed E-state index contributed by atoms with van der Waals surface area (Å²) in [5.41, 5.74) is 1.31. The minimum atomic E-state index is 0.575. The van der Waals surface area contributed by atoms with Gasteiger partial charge in [0.1, 0.15) is 0 Å². The lowest BCUT2D eigenvalue weighted by Gasteiger charge is -2.20. The van der Waals surface area contributed by atoms with E-state index in [9.17, 15) is 0 Å². The third-order valence-electron chi connectivity index (χ3n) is 2.40. The summed E-state index contributed by atoms with van der Waals surface area (Å²) in [4.78, 5) is 0. The maximum atomic E-state index is 6.88. The van der Waals surface area contributed by atoms with Gasteiger partial charge in [-0.2, -0.15) is 0 Å². The molecule has 1 nitrogen and oxygen atoms in total. The Bertz CT molecular complexity index is 246. The Hall–Kier alpha value is -1.11. The van der Waals surface area contributed by atoms with Crippen LogP contribution in [0.25, 0.3) is 0 Å². The quantitative estimate of drug-likeness (QED) is 0.602. The van der Waals surface area contributed by atoms with Gasteiger partial charge in [-0.05, 0) is 23.5 Å². The summed E-state index contributed by atoms with van der Waals surface area (Å²) in [6.45, 7) is 4.43. The second-order valence-corrected chi connectivity index (χ2v) is 3.23. The lowest BCUT2D eigenvalue weighted by molar-refractivity contribution is 0.533. The number of rotatable bonds is 2. The molecule has 1 aliphatic carbocycles. The van der Waals surface area contributed by atoms with Crippen molar-refractivity contribution in [1.82, 2.24) is 0 Å². The van der Waals surface area contributed by atoms with Gasteiger partial charge in [-0.1, -0.05) is 38.2 Å². The number of allylic oxidation sites excluding steroid dienone is 6. The van der Waals surface area contributed by atoms with Gasteiger partial charge in [0, 0.05) is 6.21 Å². The van der Waals surface area contributed by atoms with Gasteiger partial charge in [0.2, 0.25) is 0 Å². The molecule has 0 aromatic rings. The fraction of sp³-hybridized carbons (Fsp3) is 0.364. The van der Waals surface area contributed by atoms with Crippen molar-refractivity contribution >= 4 is 6.21 Å². The van der Waals surface area contributed by atoms with Crippen LogP contribution >= 0.6 is 0 Å². The standard InChI is InChI=1S/C11H15N/c1-9-5-3-6-11(10(9)2)7-4-8-12/h3-10,12H,1-2H3/b7-4-,12-8?. The van der Waals surface area contributed by atoms with Crippen LogP contribution < -0.4 is 0 Å². The topological polar surface area (TPSA) is 23.9 Å². The zero-order valence-electron chi connectivity index (χ0n) is 7.62. The smallest absolute Gasteiger partial charge is 0.0177 e. The summed E-state index contributed by atoms with van der Waals surface area (Å²) in [7, 11) is 0. The maximum absolute atomic E-state index is 6.88. The normalized spacial score (nSPS) is 29.0. The number of nitrogens with one attached hydrogen (secondary N) is 1. The van der Waals surface area contributed by atoms with E-state index in [2.05, 4.69) is 32.1 Å². The van der Waals surface area contributed by atoms with Crippen molar-refractivity contribution in [1.29, 1.82) is 5.41 Å². The van der Waals surface area contributed by atoms with Crippen molar-refractivity contribution in [3.63, 3.8) is 0 Å².